The Labute approximate surface area is 126 Å². The molecule has 2 aromatic heterocycles. The molecule has 0 aliphatic heterocycles. The molecule has 2 unspecified atom stereocenters. The Morgan fingerprint density at radius 2 is 1.90 bits per heavy atom. The first-order chi connectivity index (χ1) is 10.1. The van der Waals surface area contributed by atoms with Crippen LogP contribution in [0.1, 0.15) is 64.5 Å². The third kappa shape index (κ3) is 3.25. The summed E-state index contributed by atoms with van der Waals surface area (Å²) in [6.07, 6.45) is 5.91. The summed E-state index contributed by atoms with van der Waals surface area (Å²) >= 11 is 0. The van der Waals surface area contributed by atoms with Crippen LogP contribution in [0, 0.1) is 5.92 Å². The number of nitrogen functional groups attached to an aromatic ring is 2. The summed E-state index contributed by atoms with van der Waals surface area (Å²) in [5, 5.41) is 4.05. The molecule has 0 aromatic carbocycles. The monoisotopic (exact) mass is 290 g/mol. The van der Waals surface area contributed by atoms with Gasteiger partial charge in [0.05, 0.1) is 5.69 Å². The zero-order valence-electron chi connectivity index (χ0n) is 13.2. The topological polar surface area (TPSA) is 95.1 Å². The first kappa shape index (κ1) is 15.5. The van der Waals surface area contributed by atoms with Crippen LogP contribution in [-0.2, 0) is 0 Å². The molecule has 21 heavy (non-hydrogen) atoms. The predicted octanol–water partition coefficient (Wildman–Crippen LogP) is 3.00. The molecule has 4 N–H and O–H groups in total. The van der Waals surface area contributed by atoms with Gasteiger partial charge in [0.25, 0.3) is 5.78 Å². The molecule has 2 heterocycles. The van der Waals surface area contributed by atoms with E-state index in [1.165, 1.54) is 23.8 Å². The lowest BCUT2D eigenvalue weighted by atomic mass is 9.82. The highest BCUT2D eigenvalue weighted by molar-refractivity contribution is 5.45. The van der Waals surface area contributed by atoms with Crippen LogP contribution in [0.4, 0.5) is 11.8 Å². The molecule has 0 saturated carbocycles. The normalized spacial score (nSPS) is 14.4. The summed E-state index contributed by atoms with van der Waals surface area (Å²) in [6, 6.07) is 1.92. The van der Waals surface area contributed by atoms with Crippen LogP contribution in [0.2, 0.25) is 0 Å². The molecular formula is C15H26N6. The van der Waals surface area contributed by atoms with E-state index >= 15 is 0 Å². The number of hydrogen-bond acceptors (Lipinski definition) is 5. The van der Waals surface area contributed by atoms with Gasteiger partial charge in [0.2, 0.25) is 5.95 Å². The van der Waals surface area contributed by atoms with Crippen molar-refractivity contribution >= 4 is 17.5 Å². The molecule has 2 rings (SSSR count). The summed E-state index contributed by atoms with van der Waals surface area (Å²) < 4.78 is 1.50. The van der Waals surface area contributed by atoms with E-state index in [1.807, 2.05) is 6.07 Å². The molecular weight excluding hydrogens is 264 g/mol. The molecule has 6 nitrogen and oxygen atoms in total. The van der Waals surface area contributed by atoms with E-state index in [1.54, 1.807) is 0 Å². The average Bonchev–Trinajstić information content (AvgIpc) is 2.84. The predicted molar refractivity (Wildman–Crippen MR) is 85.9 cm³/mol. The highest BCUT2D eigenvalue weighted by Gasteiger charge is 2.22. The molecule has 0 aliphatic carbocycles. The zero-order chi connectivity index (χ0) is 15.4. The Hall–Kier alpha value is -1.85. The van der Waals surface area contributed by atoms with Gasteiger partial charge in [-0.1, -0.05) is 40.0 Å². The maximum atomic E-state index is 6.07. The summed E-state index contributed by atoms with van der Waals surface area (Å²) in [5.41, 5.74) is 12.7. The van der Waals surface area contributed by atoms with Gasteiger partial charge in [-0.25, -0.2) is 4.98 Å². The van der Waals surface area contributed by atoms with Crippen molar-refractivity contribution in [2.45, 2.75) is 58.8 Å². The van der Waals surface area contributed by atoms with Crippen molar-refractivity contribution < 1.29 is 0 Å². The van der Waals surface area contributed by atoms with Gasteiger partial charge in [-0.15, -0.1) is 5.10 Å². The van der Waals surface area contributed by atoms with Crippen LogP contribution in [0.3, 0.4) is 0 Å². The summed E-state index contributed by atoms with van der Waals surface area (Å²) in [5.74, 6) is 2.28. The number of anilines is 2. The quantitative estimate of drug-likeness (QED) is 0.817. The fourth-order valence-corrected chi connectivity index (χ4v) is 3.06. The van der Waals surface area contributed by atoms with E-state index in [0.29, 0.717) is 23.4 Å². The number of rotatable bonds is 7. The highest BCUT2D eigenvalue weighted by atomic mass is 15.4. The maximum absolute atomic E-state index is 6.07. The van der Waals surface area contributed by atoms with Crippen molar-refractivity contribution in [1.82, 2.24) is 19.6 Å². The molecule has 0 saturated heterocycles. The Balaban J connectivity index is 2.36. The molecule has 116 valence electrons. The lowest BCUT2D eigenvalue weighted by molar-refractivity contribution is 0.358. The van der Waals surface area contributed by atoms with Crippen LogP contribution in [-0.4, -0.2) is 19.6 Å². The van der Waals surface area contributed by atoms with Gasteiger partial charge in [-0.05, 0) is 18.8 Å². The average molecular weight is 290 g/mol. The van der Waals surface area contributed by atoms with E-state index in [4.69, 9.17) is 11.5 Å². The van der Waals surface area contributed by atoms with Crippen LogP contribution in [0.25, 0.3) is 5.78 Å². The Kier molecular flexibility index (Phi) is 4.98. The Bertz CT molecular complexity index is 591. The Morgan fingerprint density at radius 1 is 1.14 bits per heavy atom. The van der Waals surface area contributed by atoms with Crippen LogP contribution < -0.4 is 11.5 Å². The zero-order valence-corrected chi connectivity index (χ0v) is 13.2. The molecule has 0 aliphatic rings. The van der Waals surface area contributed by atoms with Gasteiger partial charge in [-0.3, -0.25) is 0 Å². The molecule has 2 atom stereocenters. The third-order valence-electron chi connectivity index (χ3n) is 4.22. The van der Waals surface area contributed by atoms with E-state index in [-0.39, 0.29) is 5.95 Å². The first-order valence-electron chi connectivity index (χ1n) is 7.89. The fourth-order valence-electron chi connectivity index (χ4n) is 3.06. The molecule has 0 fully saturated rings. The molecule has 0 bridgehead atoms. The lowest BCUT2D eigenvalue weighted by Crippen LogP contribution is -2.15. The molecule has 0 amide bonds. The van der Waals surface area contributed by atoms with Crippen molar-refractivity contribution in [2.24, 2.45) is 5.92 Å². The molecule has 0 radical (unpaired) electrons. The largest absolute Gasteiger partial charge is 0.383 e. The van der Waals surface area contributed by atoms with Crippen molar-refractivity contribution in [1.29, 1.82) is 0 Å². The lowest BCUT2D eigenvalue weighted by Gasteiger charge is -2.25. The van der Waals surface area contributed by atoms with Gasteiger partial charge in [-0.2, -0.15) is 9.50 Å². The second-order valence-corrected chi connectivity index (χ2v) is 5.61. The Morgan fingerprint density at radius 3 is 2.52 bits per heavy atom. The van der Waals surface area contributed by atoms with Crippen molar-refractivity contribution in [3.05, 3.63) is 11.8 Å². The first-order valence-corrected chi connectivity index (χ1v) is 7.89. The molecule has 6 heteroatoms. The molecule has 2 aromatic rings. The second-order valence-electron chi connectivity index (χ2n) is 5.61. The van der Waals surface area contributed by atoms with E-state index in [9.17, 15) is 0 Å². The molecule has 0 spiro atoms. The van der Waals surface area contributed by atoms with E-state index in [2.05, 4.69) is 35.8 Å². The van der Waals surface area contributed by atoms with Gasteiger partial charge in [0.15, 0.2) is 0 Å². The number of fused-ring (bicyclic) bond motifs is 1. The minimum absolute atomic E-state index is 0.206. The summed E-state index contributed by atoms with van der Waals surface area (Å²) in [7, 11) is 0. The number of nitrogens with two attached hydrogens (primary N) is 2. The number of aromatic nitrogens is 4. The van der Waals surface area contributed by atoms with Crippen LogP contribution in [0.15, 0.2) is 6.07 Å². The summed E-state index contributed by atoms with van der Waals surface area (Å²) in [6.45, 7) is 6.69. The minimum Gasteiger partial charge on any atom is -0.383 e. The third-order valence-corrected chi connectivity index (χ3v) is 4.22. The highest BCUT2D eigenvalue weighted by Crippen LogP contribution is 2.33. The van der Waals surface area contributed by atoms with Gasteiger partial charge in [0, 0.05) is 12.0 Å². The van der Waals surface area contributed by atoms with Crippen molar-refractivity contribution in [3.8, 4) is 0 Å². The van der Waals surface area contributed by atoms with E-state index < -0.39 is 0 Å². The SMILES string of the molecule is CCCCC(CC)C(CC)c1cc(N)n2nc(N)nc2n1. The minimum atomic E-state index is 0.206. The van der Waals surface area contributed by atoms with Crippen molar-refractivity contribution in [3.63, 3.8) is 0 Å². The smallest absolute Gasteiger partial charge is 0.256 e. The number of hydrogen-bond donors (Lipinski definition) is 2. The number of nitrogens with zero attached hydrogens (tertiary/aromatic N) is 4. The van der Waals surface area contributed by atoms with Gasteiger partial charge >= 0.3 is 0 Å². The maximum Gasteiger partial charge on any atom is 0.256 e. The number of unbranched alkanes of at least 4 members (excludes halogenated alkanes) is 1. The standard InChI is InChI=1S/C15H26N6/c1-4-7-8-10(5-2)11(6-3)12-9-13(16)21-15(18-12)19-14(17)20-21/h9-11H,4-8,16H2,1-3H3,(H2,17,20). The fraction of sp³-hybridized carbons (Fsp3) is 0.667. The second kappa shape index (κ2) is 6.74. The van der Waals surface area contributed by atoms with Gasteiger partial charge < -0.3 is 11.5 Å². The van der Waals surface area contributed by atoms with Crippen LogP contribution in [0.5, 0.6) is 0 Å². The van der Waals surface area contributed by atoms with Crippen molar-refractivity contribution in [2.75, 3.05) is 11.5 Å². The summed E-state index contributed by atoms with van der Waals surface area (Å²) in [4.78, 5) is 8.77. The van der Waals surface area contributed by atoms with E-state index in [0.717, 1.165) is 18.5 Å². The van der Waals surface area contributed by atoms with Gasteiger partial charge in [0.1, 0.15) is 5.82 Å². The van der Waals surface area contributed by atoms with Crippen LogP contribution >= 0.6 is 0 Å².